The van der Waals surface area contributed by atoms with E-state index in [-0.39, 0.29) is 17.2 Å². The van der Waals surface area contributed by atoms with Crippen molar-refractivity contribution in [2.45, 2.75) is 33.6 Å². The van der Waals surface area contributed by atoms with Crippen LogP contribution >= 0.6 is 0 Å². The summed E-state index contributed by atoms with van der Waals surface area (Å²) in [5, 5.41) is 33.1. The predicted octanol–water partition coefficient (Wildman–Crippen LogP) is 6.08. The maximum absolute atomic E-state index is 13.0. The molecule has 4 aromatic carbocycles. The molecule has 42 heavy (non-hydrogen) atoms. The van der Waals surface area contributed by atoms with Crippen LogP contribution < -0.4 is 9.59 Å². The highest BCUT2D eigenvalue weighted by Gasteiger charge is 2.30. The Kier molecular flexibility index (Phi) is 11.9. The molecule has 0 saturated heterocycles. The molecule has 0 radical (unpaired) electrons. The number of methoxy groups -OCH3 is 3. The lowest BCUT2D eigenvalue weighted by Crippen LogP contribution is -2.53. The van der Waals surface area contributed by atoms with E-state index in [0.29, 0.717) is 48.6 Å². The molecular weight excluding hydrogens is 530 g/mol. The first-order valence-electron chi connectivity index (χ1n) is 13.9. The molecule has 0 aliphatic heterocycles. The molecule has 0 saturated carbocycles. The summed E-state index contributed by atoms with van der Waals surface area (Å²) in [7, 11) is 5.05. The second-order valence-electron chi connectivity index (χ2n) is 10.8. The molecule has 0 aromatic heterocycles. The van der Waals surface area contributed by atoms with Crippen LogP contribution in [-0.4, -0.2) is 51.7 Å². The summed E-state index contributed by atoms with van der Waals surface area (Å²) in [5.41, 5.74) is 7.02. The van der Waals surface area contributed by atoms with Crippen molar-refractivity contribution in [2.24, 2.45) is 0 Å². The summed E-state index contributed by atoms with van der Waals surface area (Å²) >= 11 is 0. The third-order valence-corrected chi connectivity index (χ3v) is 7.05. The molecule has 0 atom stereocenters. The molecule has 0 aliphatic carbocycles. The number of para-hydroxylation sites is 1. The molecule has 2 N–H and O–H groups in total. The van der Waals surface area contributed by atoms with Crippen LogP contribution in [0.2, 0.25) is 0 Å². The molecule has 0 heterocycles. The van der Waals surface area contributed by atoms with Crippen LogP contribution in [0.25, 0.3) is 0 Å². The van der Waals surface area contributed by atoms with Gasteiger partial charge < -0.3 is 29.5 Å². The van der Waals surface area contributed by atoms with Gasteiger partial charge in [0.1, 0.15) is 17.2 Å². The van der Waals surface area contributed by atoms with E-state index in [1.165, 1.54) is 0 Å². The molecule has 0 fully saturated rings. The number of nitrogens with zero attached hydrogens (tertiary/aromatic N) is 1. The topological polar surface area (TPSA) is 91.2 Å². The van der Waals surface area contributed by atoms with Crippen LogP contribution in [-0.2, 0) is 27.1 Å². The molecule has 0 aliphatic rings. The summed E-state index contributed by atoms with van der Waals surface area (Å²) in [6.07, 6.45) is 0.779. The molecule has 0 unspecified atom stereocenters. The van der Waals surface area contributed by atoms with Crippen LogP contribution in [0.3, 0.4) is 0 Å². The SMILES string of the molecule is COC[N+](COC)(COC)c1ccccc1.Cc1ccc(O)c(Cc2cc(C)cc(Cc3cc(C)ccc3O)c2[O-])c1. The summed E-state index contributed by atoms with van der Waals surface area (Å²) in [6.45, 7) is 7.44. The van der Waals surface area contributed by atoms with Crippen molar-refractivity contribution in [3.8, 4) is 17.2 Å². The van der Waals surface area contributed by atoms with Crippen LogP contribution in [0.1, 0.15) is 38.9 Å². The first-order valence-corrected chi connectivity index (χ1v) is 13.9. The molecule has 4 aromatic rings. The third kappa shape index (κ3) is 8.57. The van der Waals surface area contributed by atoms with Gasteiger partial charge in [-0.2, -0.15) is 0 Å². The number of hydrogen-bond donors (Lipinski definition) is 2. The zero-order chi connectivity index (χ0) is 30.7. The van der Waals surface area contributed by atoms with E-state index in [1.807, 2.05) is 75.4 Å². The highest BCUT2D eigenvalue weighted by Crippen LogP contribution is 2.31. The Morgan fingerprint density at radius 1 is 0.571 bits per heavy atom. The highest BCUT2D eigenvalue weighted by molar-refractivity contribution is 5.50. The maximum atomic E-state index is 13.0. The first-order chi connectivity index (χ1) is 20.1. The summed E-state index contributed by atoms with van der Waals surface area (Å²) in [6, 6.07) is 24.7. The van der Waals surface area contributed by atoms with E-state index in [1.54, 1.807) is 33.5 Å². The highest BCUT2D eigenvalue weighted by atomic mass is 16.5. The Balaban J connectivity index is 0.000000260. The van der Waals surface area contributed by atoms with Gasteiger partial charge in [0.05, 0.1) is 0 Å². The quantitative estimate of drug-likeness (QED) is 0.167. The minimum atomic E-state index is -0.0302. The Bertz CT molecular complexity index is 1350. The Hall–Kier alpha value is -3.88. The van der Waals surface area contributed by atoms with E-state index in [2.05, 4.69) is 12.1 Å². The Labute approximate surface area is 249 Å². The lowest BCUT2D eigenvalue weighted by atomic mass is 9.94. The monoisotopic (exact) mass is 573 g/mol. The number of ether oxygens (including phenoxy) is 3. The van der Waals surface area contributed by atoms with Crippen molar-refractivity contribution in [3.05, 3.63) is 118 Å². The third-order valence-electron chi connectivity index (χ3n) is 7.05. The number of aromatic hydroxyl groups is 2. The Morgan fingerprint density at radius 2 is 0.976 bits per heavy atom. The molecule has 224 valence electrons. The number of rotatable bonds is 11. The van der Waals surface area contributed by atoms with Gasteiger partial charge in [-0.05, 0) is 56.2 Å². The van der Waals surface area contributed by atoms with Crippen LogP contribution in [0.15, 0.2) is 78.9 Å². The van der Waals surface area contributed by atoms with Gasteiger partial charge in [0.15, 0.2) is 20.2 Å². The summed E-state index contributed by atoms with van der Waals surface area (Å²) < 4.78 is 16.3. The van der Waals surface area contributed by atoms with Gasteiger partial charge in [-0.3, -0.25) is 0 Å². The molecular formula is C35H43NO6. The van der Waals surface area contributed by atoms with E-state index in [9.17, 15) is 15.3 Å². The van der Waals surface area contributed by atoms with Gasteiger partial charge in [-0.1, -0.05) is 82.4 Å². The normalized spacial score (nSPS) is 11.2. The minimum absolute atomic E-state index is 0.0302. The van der Waals surface area contributed by atoms with Gasteiger partial charge in [-0.15, -0.1) is 5.75 Å². The molecule has 0 bridgehead atoms. The van der Waals surface area contributed by atoms with Crippen LogP contribution in [0, 0.1) is 20.8 Å². The fraction of sp³-hybridized carbons (Fsp3) is 0.314. The second kappa shape index (κ2) is 15.4. The number of phenolic OH excluding ortho intramolecular Hbond substituents is 2. The number of hydrogen-bond acceptors (Lipinski definition) is 6. The number of phenols is 2. The summed E-state index contributed by atoms with van der Waals surface area (Å²) in [5.74, 6) is 0.376. The van der Waals surface area contributed by atoms with E-state index < -0.39 is 0 Å². The lowest BCUT2D eigenvalue weighted by molar-refractivity contribution is -0.270. The van der Waals surface area contributed by atoms with Gasteiger partial charge in [0.25, 0.3) is 0 Å². The zero-order valence-corrected chi connectivity index (χ0v) is 25.5. The van der Waals surface area contributed by atoms with Crippen molar-refractivity contribution in [3.63, 3.8) is 0 Å². The molecule has 7 heteroatoms. The molecule has 4 rings (SSSR count). The van der Waals surface area contributed by atoms with Crippen molar-refractivity contribution in [1.82, 2.24) is 4.48 Å². The smallest absolute Gasteiger partial charge is 0.191 e. The van der Waals surface area contributed by atoms with Crippen LogP contribution in [0.5, 0.6) is 17.2 Å². The average molecular weight is 574 g/mol. The first kappa shape index (κ1) is 32.6. The Morgan fingerprint density at radius 3 is 1.38 bits per heavy atom. The van der Waals surface area contributed by atoms with Gasteiger partial charge in [0.2, 0.25) is 0 Å². The fourth-order valence-electron chi connectivity index (χ4n) is 5.13. The number of aryl methyl sites for hydroxylation is 3. The number of quaternary nitrogens is 1. The average Bonchev–Trinajstić information content (AvgIpc) is 2.96. The minimum Gasteiger partial charge on any atom is -0.872 e. The van der Waals surface area contributed by atoms with E-state index in [0.717, 1.165) is 33.5 Å². The van der Waals surface area contributed by atoms with E-state index >= 15 is 0 Å². The fourth-order valence-corrected chi connectivity index (χ4v) is 5.13. The zero-order valence-electron chi connectivity index (χ0n) is 25.5. The van der Waals surface area contributed by atoms with Crippen molar-refractivity contribution >= 4 is 5.69 Å². The van der Waals surface area contributed by atoms with Gasteiger partial charge in [-0.25, -0.2) is 4.48 Å². The van der Waals surface area contributed by atoms with Crippen molar-refractivity contribution < 1.29 is 29.5 Å². The van der Waals surface area contributed by atoms with Crippen molar-refractivity contribution in [2.75, 3.05) is 41.5 Å². The van der Waals surface area contributed by atoms with Gasteiger partial charge in [0, 0.05) is 34.2 Å². The van der Waals surface area contributed by atoms with Crippen molar-refractivity contribution in [1.29, 1.82) is 0 Å². The number of benzene rings is 4. The maximum Gasteiger partial charge on any atom is 0.191 e. The van der Waals surface area contributed by atoms with E-state index in [4.69, 9.17) is 14.2 Å². The molecule has 0 amide bonds. The van der Waals surface area contributed by atoms with Gasteiger partial charge >= 0.3 is 0 Å². The largest absolute Gasteiger partial charge is 0.872 e. The predicted molar refractivity (Wildman–Crippen MR) is 166 cm³/mol. The lowest BCUT2D eigenvalue weighted by Gasteiger charge is -2.35. The second-order valence-corrected chi connectivity index (χ2v) is 10.8. The molecule has 7 nitrogen and oxygen atoms in total. The molecule has 0 spiro atoms. The standard InChI is InChI=1S/C23H24O3.C12H20NO3/c1-14-4-6-21(24)17(8-14)12-19-10-16(3)11-20(23(19)26)13-18-9-15(2)5-7-22(18)25;1-14-9-13(10-15-2,11-16-3)12-7-5-4-6-8-12/h4-11,24-26H,12-13H2,1-3H3;4-8H,9-11H2,1-3H3/q;+1/p-1. The summed E-state index contributed by atoms with van der Waals surface area (Å²) in [4.78, 5) is 0. The van der Waals surface area contributed by atoms with Crippen LogP contribution in [0.4, 0.5) is 5.69 Å².